The van der Waals surface area contributed by atoms with Crippen LogP contribution >= 0.6 is 0 Å². The highest BCUT2D eigenvalue weighted by molar-refractivity contribution is 6.00. The van der Waals surface area contributed by atoms with Gasteiger partial charge in [-0.1, -0.05) is 36.4 Å². The summed E-state index contributed by atoms with van der Waals surface area (Å²) in [6.45, 7) is 2.50. The Labute approximate surface area is 169 Å². The monoisotopic (exact) mass is 387 g/mol. The van der Waals surface area contributed by atoms with Gasteiger partial charge in [-0.2, -0.15) is 15.8 Å². The van der Waals surface area contributed by atoms with Crippen LogP contribution in [0.1, 0.15) is 12.5 Å². The summed E-state index contributed by atoms with van der Waals surface area (Å²) in [5.41, 5.74) is -0.239. The van der Waals surface area contributed by atoms with Gasteiger partial charge in [0, 0.05) is 24.9 Å². The summed E-state index contributed by atoms with van der Waals surface area (Å²) < 4.78 is 5.11. The number of carbonyl (C=O) groups excluding carboxylic acids is 1. The average molecular weight is 387 g/mol. The van der Waals surface area contributed by atoms with Crippen LogP contribution in [0.5, 0.6) is 0 Å². The van der Waals surface area contributed by atoms with Crippen molar-refractivity contribution in [1.82, 2.24) is 4.90 Å². The van der Waals surface area contributed by atoms with Crippen LogP contribution in [-0.4, -0.2) is 36.4 Å². The molecule has 0 spiro atoms. The van der Waals surface area contributed by atoms with E-state index < -0.39 is 23.3 Å². The Morgan fingerprint density at radius 2 is 1.97 bits per heavy atom. The van der Waals surface area contributed by atoms with E-state index in [0.717, 1.165) is 11.1 Å². The first kappa shape index (κ1) is 20.1. The lowest BCUT2D eigenvalue weighted by atomic mass is 9.54. The smallest absolute Gasteiger partial charge is 0.410 e. The molecule has 0 aromatic heterocycles. The molecule has 3 atom stereocenters. The van der Waals surface area contributed by atoms with E-state index in [1.807, 2.05) is 30.3 Å². The predicted molar refractivity (Wildman–Crippen MR) is 104 cm³/mol. The molecule has 0 radical (unpaired) electrons. The molecule has 2 aliphatic rings. The first-order valence-corrected chi connectivity index (χ1v) is 9.49. The van der Waals surface area contributed by atoms with Crippen molar-refractivity contribution in [3.63, 3.8) is 0 Å². The van der Waals surface area contributed by atoms with E-state index in [-0.39, 0.29) is 31.3 Å². The fraction of sp³-hybridized carbons (Fsp3) is 0.409. The van der Waals surface area contributed by atoms with Crippen LogP contribution in [0.2, 0.25) is 0 Å². The van der Waals surface area contributed by atoms with Crippen LogP contribution in [0.3, 0.4) is 0 Å². The van der Waals surface area contributed by atoms with E-state index in [2.05, 4.69) is 18.2 Å². The molecule has 146 valence electrons. The molecule has 1 unspecified atom stereocenters. The van der Waals surface area contributed by atoms with Crippen molar-refractivity contribution in [2.75, 3.05) is 19.7 Å². The molecule has 3 rings (SSSR count). The molecule has 7 heteroatoms. The predicted octanol–water partition coefficient (Wildman–Crippen LogP) is 3.07. The Bertz CT molecular complexity index is 950. The van der Waals surface area contributed by atoms with Gasteiger partial charge in [0.1, 0.15) is 5.92 Å². The van der Waals surface area contributed by atoms with Gasteiger partial charge in [0.15, 0.2) is 5.41 Å². The van der Waals surface area contributed by atoms with Gasteiger partial charge in [0.25, 0.3) is 0 Å². The Balaban J connectivity index is 2.09. The zero-order valence-corrected chi connectivity index (χ0v) is 16.1. The number of nitriles is 3. The number of benzene rings is 1. The second-order valence-corrected chi connectivity index (χ2v) is 7.22. The summed E-state index contributed by atoms with van der Waals surface area (Å²) in [5.74, 6) is -1.87. The average Bonchev–Trinajstić information content (AvgIpc) is 2.75. The molecule has 1 fully saturated rings. The summed E-state index contributed by atoms with van der Waals surface area (Å²) in [4.78, 5) is 13.8. The van der Waals surface area contributed by atoms with E-state index in [4.69, 9.17) is 10.1 Å². The Morgan fingerprint density at radius 1 is 1.28 bits per heavy atom. The van der Waals surface area contributed by atoms with Crippen molar-refractivity contribution in [3.05, 3.63) is 47.5 Å². The lowest BCUT2D eigenvalue weighted by molar-refractivity contribution is 0.0934. The van der Waals surface area contributed by atoms with Gasteiger partial charge in [-0.3, -0.25) is 0 Å². The molecular weight excluding hydrogens is 366 g/mol. The lowest BCUT2D eigenvalue weighted by Crippen LogP contribution is -2.55. The molecule has 0 saturated heterocycles. The summed E-state index contributed by atoms with van der Waals surface area (Å²) >= 11 is 0. The maximum Gasteiger partial charge on any atom is 0.410 e. The number of carbonyl (C=O) groups is 1. The number of hydrogen-bond acceptors (Lipinski definition) is 6. The molecule has 1 aliphatic carbocycles. The van der Waals surface area contributed by atoms with Crippen molar-refractivity contribution in [2.45, 2.75) is 13.3 Å². The number of nitrogens with zero attached hydrogens (tertiary/aromatic N) is 4. The lowest BCUT2D eigenvalue weighted by Gasteiger charge is -2.47. The number of hydrogen-bond donors (Lipinski definition) is 1. The number of rotatable bonds is 3. The molecule has 29 heavy (non-hydrogen) atoms. The molecule has 0 bridgehead atoms. The Hall–Kier alpha value is -3.63. The van der Waals surface area contributed by atoms with Crippen molar-refractivity contribution in [3.8, 4) is 18.2 Å². The van der Waals surface area contributed by atoms with Crippen LogP contribution in [0.15, 0.2) is 42.0 Å². The first-order valence-electron chi connectivity index (χ1n) is 9.49. The third-order valence-electron chi connectivity index (χ3n) is 5.79. The second kappa shape index (κ2) is 8.17. The van der Waals surface area contributed by atoms with E-state index in [0.29, 0.717) is 6.42 Å². The minimum Gasteiger partial charge on any atom is -0.450 e. The minimum absolute atomic E-state index is 0.169. The van der Waals surface area contributed by atoms with E-state index >= 15 is 0 Å². The normalized spacial score (nSPS) is 24.9. The molecule has 1 aromatic carbocycles. The zero-order chi connectivity index (χ0) is 21.0. The molecule has 1 aliphatic heterocycles. The van der Waals surface area contributed by atoms with Gasteiger partial charge >= 0.3 is 6.09 Å². The van der Waals surface area contributed by atoms with Gasteiger partial charge in [-0.15, -0.1) is 0 Å². The molecule has 1 saturated carbocycles. The highest BCUT2D eigenvalue weighted by Gasteiger charge is 2.57. The summed E-state index contributed by atoms with van der Waals surface area (Å²) in [6, 6.07) is 15.7. The Morgan fingerprint density at radius 3 is 2.55 bits per heavy atom. The number of fused-ring (bicyclic) bond motifs is 1. The molecule has 1 aromatic rings. The third-order valence-corrected chi connectivity index (χ3v) is 5.79. The summed E-state index contributed by atoms with van der Waals surface area (Å²) in [6.07, 6.45) is 1.71. The fourth-order valence-electron chi connectivity index (χ4n) is 4.35. The van der Waals surface area contributed by atoms with Crippen LogP contribution < -0.4 is 0 Å². The third kappa shape index (κ3) is 3.35. The van der Waals surface area contributed by atoms with Crippen molar-refractivity contribution < 1.29 is 9.53 Å². The van der Waals surface area contributed by atoms with E-state index in [1.54, 1.807) is 13.0 Å². The maximum atomic E-state index is 12.3. The quantitative estimate of drug-likeness (QED) is 0.798. The van der Waals surface area contributed by atoms with Crippen LogP contribution in [-0.2, 0) is 11.2 Å². The molecule has 1 heterocycles. The SMILES string of the molecule is CCOC(=O)N1CC=C2C(C#N)C(=N)C(C#N)(C#N)[C@H](Cc3ccccc3)[C@H]2C1. The number of ether oxygens (including phenoxy) is 1. The van der Waals surface area contributed by atoms with Crippen LogP contribution in [0.25, 0.3) is 0 Å². The van der Waals surface area contributed by atoms with Gasteiger partial charge in [-0.25, -0.2) is 4.79 Å². The Kier molecular flexibility index (Phi) is 5.66. The standard InChI is InChI=1S/C22H21N5O2/c1-2-29-21(28)27-9-8-16-17(11-23)20(26)22(13-24,14-25)19(18(16)12-27)10-15-6-4-3-5-7-15/h3-8,17-19,26H,2,9-10,12H2,1H3/t17?,18-,19+/m0/s1. The van der Waals surface area contributed by atoms with Crippen LogP contribution in [0.4, 0.5) is 4.79 Å². The van der Waals surface area contributed by atoms with Gasteiger partial charge in [0.05, 0.1) is 30.5 Å². The van der Waals surface area contributed by atoms with Crippen LogP contribution in [0, 0.1) is 62.6 Å². The molecule has 7 nitrogen and oxygen atoms in total. The maximum absolute atomic E-state index is 12.3. The fourth-order valence-corrected chi connectivity index (χ4v) is 4.35. The molecule has 1 N–H and O–H groups in total. The first-order chi connectivity index (χ1) is 14.0. The topological polar surface area (TPSA) is 125 Å². The number of amides is 1. The van der Waals surface area contributed by atoms with Gasteiger partial charge in [-0.05, 0) is 24.5 Å². The van der Waals surface area contributed by atoms with Crippen molar-refractivity contribution in [2.24, 2.45) is 23.2 Å². The van der Waals surface area contributed by atoms with Gasteiger partial charge in [0.2, 0.25) is 0 Å². The zero-order valence-electron chi connectivity index (χ0n) is 16.1. The molecular formula is C22H21N5O2. The minimum atomic E-state index is -1.73. The second-order valence-electron chi connectivity index (χ2n) is 7.22. The van der Waals surface area contributed by atoms with E-state index in [1.165, 1.54) is 4.90 Å². The number of nitrogens with one attached hydrogen (secondary N) is 1. The van der Waals surface area contributed by atoms with Crippen molar-refractivity contribution >= 4 is 11.8 Å². The van der Waals surface area contributed by atoms with Gasteiger partial charge < -0.3 is 15.0 Å². The summed E-state index contributed by atoms with van der Waals surface area (Å²) in [5, 5.41) is 38.2. The highest BCUT2D eigenvalue weighted by atomic mass is 16.6. The van der Waals surface area contributed by atoms with E-state index in [9.17, 15) is 20.6 Å². The van der Waals surface area contributed by atoms with Crippen molar-refractivity contribution in [1.29, 1.82) is 21.2 Å². The summed E-state index contributed by atoms with van der Waals surface area (Å²) in [7, 11) is 0. The molecule has 1 amide bonds. The largest absolute Gasteiger partial charge is 0.450 e. The highest BCUT2D eigenvalue weighted by Crippen LogP contribution is 2.49.